The van der Waals surface area contributed by atoms with E-state index in [9.17, 15) is 23.1 Å². The summed E-state index contributed by atoms with van der Waals surface area (Å²) in [6.07, 6.45) is -5.96. The van der Waals surface area contributed by atoms with Crippen molar-refractivity contribution in [3.63, 3.8) is 0 Å². The summed E-state index contributed by atoms with van der Waals surface area (Å²) in [5, 5.41) is 21.1. The van der Waals surface area contributed by atoms with Gasteiger partial charge < -0.3 is 19.9 Å². The molecule has 0 saturated heterocycles. The SMILES string of the molecule is CCC(CO)NC(=O)CC(O)(c1ccc(C)o1)C(F)(F)F. The molecule has 0 saturated carbocycles. The lowest BCUT2D eigenvalue weighted by Gasteiger charge is -2.28. The molecule has 0 aromatic carbocycles. The molecule has 1 aromatic heterocycles. The number of rotatable bonds is 6. The summed E-state index contributed by atoms with van der Waals surface area (Å²) < 4.78 is 44.2. The summed E-state index contributed by atoms with van der Waals surface area (Å²) in [7, 11) is 0. The Hall–Kier alpha value is -1.54. The van der Waals surface area contributed by atoms with Crippen molar-refractivity contribution in [3.05, 3.63) is 23.7 Å². The highest BCUT2D eigenvalue weighted by Gasteiger charge is 2.58. The molecular weight excluding hydrogens is 291 g/mol. The van der Waals surface area contributed by atoms with Crippen molar-refractivity contribution in [2.24, 2.45) is 0 Å². The second-order valence-electron chi connectivity index (χ2n) is 4.80. The summed E-state index contributed by atoms with van der Waals surface area (Å²) in [6, 6.07) is 1.60. The Morgan fingerprint density at radius 2 is 2.05 bits per heavy atom. The van der Waals surface area contributed by atoms with Gasteiger partial charge in [0.25, 0.3) is 0 Å². The van der Waals surface area contributed by atoms with Gasteiger partial charge in [-0.15, -0.1) is 0 Å². The van der Waals surface area contributed by atoms with E-state index in [1.165, 1.54) is 13.0 Å². The van der Waals surface area contributed by atoms with Crippen LogP contribution in [0, 0.1) is 6.92 Å². The van der Waals surface area contributed by atoms with Crippen LogP contribution >= 0.6 is 0 Å². The molecule has 120 valence electrons. The van der Waals surface area contributed by atoms with Crippen LogP contribution in [0.1, 0.15) is 31.3 Å². The summed E-state index contributed by atoms with van der Waals surface area (Å²) in [6.45, 7) is 2.69. The van der Waals surface area contributed by atoms with Gasteiger partial charge >= 0.3 is 6.18 Å². The Labute approximate surface area is 119 Å². The molecule has 1 heterocycles. The lowest BCUT2D eigenvalue weighted by molar-refractivity contribution is -0.273. The zero-order valence-electron chi connectivity index (χ0n) is 11.7. The molecule has 0 aliphatic rings. The number of furan rings is 1. The number of aliphatic hydroxyl groups excluding tert-OH is 1. The zero-order valence-corrected chi connectivity index (χ0v) is 11.7. The van der Waals surface area contributed by atoms with Crippen molar-refractivity contribution in [2.75, 3.05) is 6.61 Å². The number of aryl methyl sites for hydroxylation is 1. The minimum atomic E-state index is -5.07. The molecule has 21 heavy (non-hydrogen) atoms. The Morgan fingerprint density at radius 1 is 1.43 bits per heavy atom. The van der Waals surface area contributed by atoms with Crippen LogP contribution in [-0.2, 0) is 10.4 Å². The predicted molar refractivity (Wildman–Crippen MR) is 67.3 cm³/mol. The lowest BCUT2D eigenvalue weighted by Crippen LogP contribution is -2.48. The highest BCUT2D eigenvalue weighted by atomic mass is 19.4. The number of amides is 1. The van der Waals surface area contributed by atoms with Gasteiger partial charge in [0.05, 0.1) is 19.1 Å². The number of hydrogen-bond acceptors (Lipinski definition) is 4. The Balaban J connectivity index is 2.97. The minimum absolute atomic E-state index is 0.190. The van der Waals surface area contributed by atoms with E-state index < -0.39 is 42.5 Å². The van der Waals surface area contributed by atoms with Gasteiger partial charge in [0.2, 0.25) is 11.5 Å². The molecule has 0 radical (unpaired) electrons. The van der Waals surface area contributed by atoms with Crippen LogP contribution in [0.3, 0.4) is 0 Å². The number of nitrogens with one attached hydrogen (secondary N) is 1. The highest BCUT2D eigenvalue weighted by molar-refractivity contribution is 5.77. The molecule has 0 bridgehead atoms. The standard InChI is InChI=1S/C13H18F3NO4/c1-3-9(7-18)17-11(19)6-12(20,13(14,15)16)10-5-4-8(2)21-10/h4-5,9,18,20H,3,6-7H2,1-2H3,(H,17,19). The first-order chi connectivity index (χ1) is 9.64. The fraction of sp³-hybridized carbons (Fsp3) is 0.615. The topological polar surface area (TPSA) is 82.7 Å². The molecule has 3 N–H and O–H groups in total. The van der Waals surface area contributed by atoms with Crippen LogP contribution in [0.15, 0.2) is 16.5 Å². The first kappa shape index (κ1) is 17.5. The van der Waals surface area contributed by atoms with Crippen LogP contribution in [0.4, 0.5) is 13.2 Å². The Kier molecular flexibility index (Phi) is 5.41. The van der Waals surface area contributed by atoms with Crippen LogP contribution in [0.2, 0.25) is 0 Å². The third-order valence-electron chi connectivity index (χ3n) is 3.11. The van der Waals surface area contributed by atoms with Crippen molar-refractivity contribution in [1.29, 1.82) is 0 Å². The number of alkyl halides is 3. The predicted octanol–water partition coefficient (Wildman–Crippen LogP) is 1.62. The van der Waals surface area contributed by atoms with Crippen molar-refractivity contribution in [1.82, 2.24) is 5.32 Å². The quantitative estimate of drug-likeness (QED) is 0.745. The number of halogens is 3. The maximum absolute atomic E-state index is 13.1. The smallest absolute Gasteiger partial charge is 0.425 e. The largest absolute Gasteiger partial charge is 0.463 e. The molecule has 5 nitrogen and oxygen atoms in total. The van der Waals surface area contributed by atoms with E-state index in [2.05, 4.69) is 5.32 Å². The van der Waals surface area contributed by atoms with Gasteiger partial charge in [-0.1, -0.05) is 6.92 Å². The van der Waals surface area contributed by atoms with Gasteiger partial charge in [0.15, 0.2) is 0 Å². The molecule has 8 heteroatoms. The third kappa shape index (κ3) is 3.98. The summed E-state index contributed by atoms with van der Waals surface area (Å²) in [5.74, 6) is -1.57. The fourth-order valence-corrected chi connectivity index (χ4v) is 1.77. The van der Waals surface area contributed by atoms with Crippen LogP contribution in [0.5, 0.6) is 0 Å². The Morgan fingerprint density at radius 3 is 2.43 bits per heavy atom. The van der Waals surface area contributed by atoms with E-state index in [0.29, 0.717) is 6.42 Å². The second kappa shape index (κ2) is 6.48. The van der Waals surface area contributed by atoms with Gasteiger partial charge in [0.1, 0.15) is 11.5 Å². The molecule has 2 unspecified atom stereocenters. The summed E-state index contributed by atoms with van der Waals surface area (Å²) >= 11 is 0. The number of hydrogen-bond donors (Lipinski definition) is 3. The van der Waals surface area contributed by atoms with Crippen LogP contribution < -0.4 is 5.32 Å². The minimum Gasteiger partial charge on any atom is -0.463 e. The van der Waals surface area contributed by atoms with Crippen molar-refractivity contribution in [3.8, 4) is 0 Å². The highest BCUT2D eigenvalue weighted by Crippen LogP contribution is 2.42. The van der Waals surface area contributed by atoms with Gasteiger partial charge in [-0.25, -0.2) is 0 Å². The molecular formula is C13H18F3NO4. The second-order valence-corrected chi connectivity index (χ2v) is 4.80. The molecule has 2 atom stereocenters. The van der Waals surface area contributed by atoms with Crippen molar-refractivity contribution >= 4 is 5.91 Å². The first-order valence-corrected chi connectivity index (χ1v) is 6.40. The average Bonchev–Trinajstić information content (AvgIpc) is 2.81. The maximum Gasteiger partial charge on any atom is 0.425 e. The lowest BCUT2D eigenvalue weighted by atomic mass is 9.95. The molecule has 0 aliphatic carbocycles. The van der Waals surface area contributed by atoms with Crippen molar-refractivity contribution in [2.45, 2.75) is 44.5 Å². The molecule has 0 spiro atoms. The monoisotopic (exact) mass is 309 g/mol. The van der Waals surface area contributed by atoms with E-state index in [0.717, 1.165) is 6.07 Å². The first-order valence-electron chi connectivity index (χ1n) is 6.40. The molecule has 1 aromatic rings. The van der Waals surface area contributed by atoms with Crippen molar-refractivity contribution < 1.29 is 32.6 Å². The molecule has 1 amide bonds. The number of aliphatic hydroxyl groups is 2. The fourth-order valence-electron chi connectivity index (χ4n) is 1.77. The van der Waals surface area contributed by atoms with E-state index in [1.54, 1.807) is 6.92 Å². The van der Waals surface area contributed by atoms with E-state index >= 15 is 0 Å². The van der Waals surface area contributed by atoms with E-state index in [1.807, 2.05) is 0 Å². The maximum atomic E-state index is 13.1. The van der Waals surface area contributed by atoms with E-state index in [4.69, 9.17) is 9.52 Å². The van der Waals surface area contributed by atoms with Gasteiger partial charge in [0, 0.05) is 0 Å². The average molecular weight is 309 g/mol. The van der Waals surface area contributed by atoms with Gasteiger partial charge in [-0.05, 0) is 25.5 Å². The van der Waals surface area contributed by atoms with Gasteiger partial charge in [-0.3, -0.25) is 4.79 Å². The third-order valence-corrected chi connectivity index (χ3v) is 3.11. The Bertz CT molecular complexity index is 482. The summed E-state index contributed by atoms with van der Waals surface area (Å²) in [5.41, 5.74) is -3.40. The normalized spacial score (nSPS) is 16.3. The molecule has 0 aliphatic heterocycles. The molecule has 1 rings (SSSR count). The summed E-state index contributed by atoms with van der Waals surface area (Å²) in [4.78, 5) is 11.7. The van der Waals surface area contributed by atoms with Crippen LogP contribution in [-0.4, -0.2) is 34.9 Å². The number of carbonyl (C=O) groups is 1. The van der Waals surface area contributed by atoms with E-state index in [-0.39, 0.29) is 5.76 Å². The van der Waals surface area contributed by atoms with Gasteiger partial charge in [-0.2, -0.15) is 13.2 Å². The van der Waals surface area contributed by atoms with Crippen LogP contribution in [0.25, 0.3) is 0 Å². The number of carbonyl (C=O) groups excluding carboxylic acids is 1. The molecule has 0 fully saturated rings. The zero-order chi connectivity index (χ0) is 16.3.